The molecule has 0 fully saturated rings. The van der Waals surface area contributed by atoms with E-state index in [9.17, 15) is 14.0 Å². The second-order valence-electron chi connectivity index (χ2n) is 6.94. The lowest BCUT2D eigenvalue weighted by Crippen LogP contribution is -2.22. The van der Waals surface area contributed by atoms with Crippen LogP contribution in [0, 0.1) is 5.82 Å². The van der Waals surface area contributed by atoms with E-state index in [0.717, 1.165) is 14.7 Å². The minimum absolute atomic E-state index is 0.201. The zero-order valence-corrected chi connectivity index (χ0v) is 18.1. The van der Waals surface area contributed by atoms with E-state index in [0.29, 0.717) is 27.5 Å². The Hall–Kier alpha value is -3.56. The van der Waals surface area contributed by atoms with Gasteiger partial charge in [-0.3, -0.25) is 14.6 Å². The quantitative estimate of drug-likeness (QED) is 0.446. The maximum absolute atomic E-state index is 13.4. The molecule has 32 heavy (non-hydrogen) atoms. The van der Waals surface area contributed by atoms with Gasteiger partial charge in [0.15, 0.2) is 0 Å². The highest BCUT2D eigenvalue weighted by Gasteiger charge is 2.20. The average Bonchev–Trinajstić information content (AvgIpc) is 3.22. The third kappa shape index (κ3) is 4.12. The minimum atomic E-state index is -0.378. The number of fused-ring (bicyclic) bond motifs is 2. The van der Waals surface area contributed by atoms with Crippen molar-refractivity contribution < 1.29 is 14.0 Å². The second-order valence-corrected chi connectivity index (χ2v) is 9.14. The number of aromatic nitrogens is 2. The average molecular weight is 463 g/mol. The standard InChI is InChI=1S/C23H15FN4O2S2/c24-14-7-8-25-18(10-14)23-27-12-15(31-23)11-26-21(29)13-5-6-20-17(9-13)28-22(30)16-3-1-2-4-19(16)32-20/h1-10,12H,11H2,(H,26,29)(H,28,30). The van der Waals surface area contributed by atoms with Gasteiger partial charge < -0.3 is 10.6 Å². The first kappa shape index (κ1) is 20.3. The summed E-state index contributed by atoms with van der Waals surface area (Å²) in [7, 11) is 0. The van der Waals surface area contributed by atoms with Crippen LogP contribution in [-0.4, -0.2) is 21.8 Å². The number of hydrogen-bond donors (Lipinski definition) is 2. The lowest BCUT2D eigenvalue weighted by molar-refractivity contribution is 0.0949. The molecule has 0 aliphatic carbocycles. The van der Waals surface area contributed by atoms with Crippen LogP contribution in [0.15, 0.2) is 76.8 Å². The van der Waals surface area contributed by atoms with Crippen LogP contribution in [0.5, 0.6) is 0 Å². The molecule has 6 nitrogen and oxygen atoms in total. The van der Waals surface area contributed by atoms with Crippen molar-refractivity contribution in [2.45, 2.75) is 16.3 Å². The summed E-state index contributed by atoms with van der Waals surface area (Å²) in [5, 5.41) is 6.33. The Balaban J connectivity index is 1.29. The van der Waals surface area contributed by atoms with Gasteiger partial charge in [0.25, 0.3) is 11.8 Å². The zero-order valence-electron chi connectivity index (χ0n) is 16.5. The van der Waals surface area contributed by atoms with E-state index in [1.807, 2.05) is 24.3 Å². The number of nitrogens with one attached hydrogen (secondary N) is 2. The van der Waals surface area contributed by atoms with Gasteiger partial charge in [-0.15, -0.1) is 11.3 Å². The van der Waals surface area contributed by atoms with Gasteiger partial charge in [0.1, 0.15) is 16.5 Å². The molecule has 0 atom stereocenters. The van der Waals surface area contributed by atoms with Gasteiger partial charge in [0.05, 0.1) is 17.8 Å². The van der Waals surface area contributed by atoms with E-state index in [1.165, 1.54) is 41.4 Å². The number of pyridine rings is 1. The molecule has 0 saturated carbocycles. The van der Waals surface area contributed by atoms with Crippen LogP contribution in [0.1, 0.15) is 25.6 Å². The molecule has 2 N–H and O–H groups in total. The summed E-state index contributed by atoms with van der Waals surface area (Å²) in [5.74, 6) is -0.850. The smallest absolute Gasteiger partial charge is 0.256 e. The van der Waals surface area contributed by atoms with Crippen LogP contribution in [0.25, 0.3) is 10.7 Å². The number of anilines is 1. The number of benzene rings is 2. The van der Waals surface area contributed by atoms with Crippen molar-refractivity contribution in [1.82, 2.24) is 15.3 Å². The summed E-state index contributed by atoms with van der Waals surface area (Å²) >= 11 is 2.82. The minimum Gasteiger partial charge on any atom is -0.347 e. The summed E-state index contributed by atoms with van der Waals surface area (Å²) < 4.78 is 13.4. The molecule has 1 aliphatic rings. The predicted molar refractivity (Wildman–Crippen MR) is 121 cm³/mol. The van der Waals surface area contributed by atoms with Crippen molar-refractivity contribution in [3.05, 3.63) is 88.8 Å². The normalized spacial score (nSPS) is 12.3. The Labute approximate surface area is 190 Å². The van der Waals surface area contributed by atoms with Gasteiger partial charge in [-0.2, -0.15) is 0 Å². The van der Waals surface area contributed by atoms with E-state index in [1.54, 1.807) is 24.4 Å². The highest BCUT2D eigenvalue weighted by atomic mass is 32.2. The predicted octanol–water partition coefficient (Wildman–Crippen LogP) is 4.99. The molecular formula is C23H15FN4O2S2. The van der Waals surface area contributed by atoms with E-state index in [2.05, 4.69) is 20.6 Å². The molecule has 4 aromatic rings. The van der Waals surface area contributed by atoms with Gasteiger partial charge in [-0.25, -0.2) is 9.37 Å². The topological polar surface area (TPSA) is 84.0 Å². The fourth-order valence-corrected chi connectivity index (χ4v) is 5.04. The number of hydrogen-bond acceptors (Lipinski definition) is 6. The Bertz CT molecular complexity index is 1360. The van der Waals surface area contributed by atoms with Crippen LogP contribution in [0.4, 0.5) is 10.1 Å². The number of carbonyl (C=O) groups excluding carboxylic acids is 2. The van der Waals surface area contributed by atoms with Crippen molar-refractivity contribution in [2.75, 3.05) is 5.32 Å². The molecule has 2 aromatic heterocycles. The van der Waals surface area contributed by atoms with Crippen LogP contribution < -0.4 is 10.6 Å². The largest absolute Gasteiger partial charge is 0.347 e. The molecule has 0 unspecified atom stereocenters. The van der Waals surface area contributed by atoms with E-state index >= 15 is 0 Å². The van der Waals surface area contributed by atoms with Crippen LogP contribution >= 0.6 is 23.1 Å². The van der Waals surface area contributed by atoms with Crippen molar-refractivity contribution in [3.63, 3.8) is 0 Å². The van der Waals surface area contributed by atoms with Crippen LogP contribution in [0.2, 0.25) is 0 Å². The third-order valence-electron chi connectivity index (χ3n) is 4.76. The lowest BCUT2D eigenvalue weighted by atomic mass is 10.1. The summed E-state index contributed by atoms with van der Waals surface area (Å²) in [6.45, 7) is 0.273. The Morgan fingerprint density at radius 3 is 2.81 bits per heavy atom. The van der Waals surface area contributed by atoms with Gasteiger partial charge in [0, 0.05) is 38.7 Å². The van der Waals surface area contributed by atoms with E-state index < -0.39 is 0 Å². The number of nitrogens with zero attached hydrogens (tertiary/aromatic N) is 2. The maximum Gasteiger partial charge on any atom is 0.256 e. The number of carbonyl (C=O) groups is 2. The second kappa shape index (κ2) is 8.52. The zero-order chi connectivity index (χ0) is 22.1. The van der Waals surface area contributed by atoms with Crippen LogP contribution in [0.3, 0.4) is 0 Å². The molecule has 158 valence electrons. The third-order valence-corrected chi connectivity index (χ3v) is 6.93. The molecule has 2 aromatic carbocycles. The van der Waals surface area contributed by atoms with Crippen LogP contribution in [-0.2, 0) is 6.54 Å². The Morgan fingerprint density at radius 2 is 1.94 bits per heavy atom. The van der Waals surface area contributed by atoms with Crippen molar-refractivity contribution in [3.8, 4) is 10.7 Å². The molecule has 1 aliphatic heterocycles. The van der Waals surface area contributed by atoms with Crippen molar-refractivity contribution in [1.29, 1.82) is 0 Å². The van der Waals surface area contributed by atoms with Gasteiger partial charge in [-0.1, -0.05) is 23.9 Å². The SMILES string of the molecule is O=C(NCc1cnc(-c2cc(F)ccn2)s1)c1ccc2c(c1)NC(=O)c1ccccc1S2. The molecular weight excluding hydrogens is 447 g/mol. The summed E-state index contributed by atoms with van der Waals surface area (Å²) in [6.07, 6.45) is 3.03. The van der Waals surface area contributed by atoms with E-state index in [4.69, 9.17) is 0 Å². The fourth-order valence-electron chi connectivity index (χ4n) is 3.21. The highest BCUT2D eigenvalue weighted by Crippen LogP contribution is 2.39. The molecule has 5 rings (SSSR count). The first-order valence-corrected chi connectivity index (χ1v) is 11.3. The molecule has 0 saturated heterocycles. The number of thiazole rings is 1. The Kier molecular flexibility index (Phi) is 5.42. The van der Waals surface area contributed by atoms with E-state index in [-0.39, 0.29) is 24.2 Å². The molecule has 0 bridgehead atoms. The van der Waals surface area contributed by atoms with Crippen molar-refractivity contribution in [2.24, 2.45) is 0 Å². The number of halogens is 1. The summed E-state index contributed by atoms with van der Waals surface area (Å²) in [4.78, 5) is 36.2. The van der Waals surface area contributed by atoms with Crippen molar-refractivity contribution >= 4 is 40.6 Å². The number of rotatable bonds is 4. The number of amides is 2. The maximum atomic E-state index is 13.4. The van der Waals surface area contributed by atoms with Gasteiger partial charge >= 0.3 is 0 Å². The Morgan fingerprint density at radius 1 is 1.06 bits per heavy atom. The lowest BCUT2D eigenvalue weighted by Gasteiger charge is -2.09. The van der Waals surface area contributed by atoms with Gasteiger partial charge in [-0.05, 0) is 36.4 Å². The summed E-state index contributed by atoms with van der Waals surface area (Å²) in [5.41, 5.74) is 2.09. The first-order valence-electron chi connectivity index (χ1n) is 9.64. The summed E-state index contributed by atoms with van der Waals surface area (Å²) in [6, 6.07) is 15.2. The molecule has 0 radical (unpaired) electrons. The molecule has 2 amide bonds. The highest BCUT2D eigenvalue weighted by molar-refractivity contribution is 7.99. The fraction of sp³-hybridized carbons (Fsp3) is 0.0435. The molecule has 0 spiro atoms. The first-order chi connectivity index (χ1) is 15.6. The monoisotopic (exact) mass is 462 g/mol. The van der Waals surface area contributed by atoms with Gasteiger partial charge in [0.2, 0.25) is 0 Å². The molecule has 9 heteroatoms. The molecule has 3 heterocycles.